The molecule has 0 saturated carbocycles. The second-order valence-electron chi connectivity index (χ2n) is 11.5. The molecule has 4 aromatic rings. The van der Waals surface area contributed by atoms with E-state index in [2.05, 4.69) is 41.2 Å². The van der Waals surface area contributed by atoms with E-state index in [1.165, 1.54) is 6.33 Å². The largest absolute Gasteiger partial charge is 0.379 e. The third kappa shape index (κ3) is 7.86. The number of methoxy groups -OCH3 is 1. The lowest BCUT2D eigenvalue weighted by Crippen LogP contribution is -2.39. The van der Waals surface area contributed by atoms with Crippen molar-refractivity contribution in [2.75, 3.05) is 69.5 Å². The number of carbonyl (C=O) groups is 2. The van der Waals surface area contributed by atoms with Crippen LogP contribution in [0.5, 0.6) is 0 Å². The summed E-state index contributed by atoms with van der Waals surface area (Å²) >= 11 is 0. The Bertz CT molecular complexity index is 1680. The molecular formula is C33H41N9O4. The van der Waals surface area contributed by atoms with Gasteiger partial charge in [-0.1, -0.05) is 18.2 Å². The predicted octanol–water partition coefficient (Wildman–Crippen LogP) is 3.95. The van der Waals surface area contributed by atoms with Crippen LogP contribution in [0.2, 0.25) is 0 Å². The third-order valence-electron chi connectivity index (χ3n) is 7.97. The minimum absolute atomic E-state index is 0.214. The highest BCUT2D eigenvalue weighted by Crippen LogP contribution is 2.28. The van der Waals surface area contributed by atoms with Crippen molar-refractivity contribution in [1.29, 1.82) is 0 Å². The van der Waals surface area contributed by atoms with E-state index in [1.54, 1.807) is 37.0 Å². The lowest BCUT2D eigenvalue weighted by molar-refractivity contribution is 0.0192. The highest BCUT2D eigenvalue weighted by molar-refractivity contribution is 6.04. The van der Waals surface area contributed by atoms with Gasteiger partial charge in [-0.25, -0.2) is 9.97 Å². The van der Waals surface area contributed by atoms with Crippen molar-refractivity contribution in [3.8, 4) is 5.82 Å². The summed E-state index contributed by atoms with van der Waals surface area (Å²) in [4.78, 5) is 36.9. The van der Waals surface area contributed by atoms with Crippen LogP contribution in [0.1, 0.15) is 45.8 Å². The Labute approximate surface area is 268 Å². The van der Waals surface area contributed by atoms with Crippen molar-refractivity contribution in [2.24, 2.45) is 0 Å². The molecule has 1 aliphatic heterocycles. The first kappa shape index (κ1) is 32.5. The van der Waals surface area contributed by atoms with Crippen molar-refractivity contribution >= 4 is 34.8 Å². The zero-order valence-electron chi connectivity index (χ0n) is 26.9. The maximum atomic E-state index is 13.2. The van der Waals surface area contributed by atoms with Crippen molar-refractivity contribution in [1.82, 2.24) is 30.0 Å². The molecule has 1 saturated heterocycles. The normalized spacial score (nSPS) is 13.7. The number of rotatable bonds is 12. The summed E-state index contributed by atoms with van der Waals surface area (Å²) in [6.45, 7) is 10.7. The summed E-state index contributed by atoms with van der Waals surface area (Å²) in [5.74, 6) is 1.04. The average Bonchev–Trinajstić information content (AvgIpc) is 3.50. The Morgan fingerprint density at radius 1 is 1.02 bits per heavy atom. The SMILES string of the molecule is CNC(=O)c1cc(Nc2cc(NC(=O)c3cccc(C(C)(C)OC)c3)ccc2C)n(-c2cc(NCCN3CCOCC3)ncn2)n1. The smallest absolute Gasteiger partial charge is 0.271 e. The quantitative estimate of drug-likeness (QED) is 0.182. The Balaban J connectivity index is 1.36. The number of nitrogens with one attached hydrogen (secondary N) is 4. The van der Waals surface area contributed by atoms with Crippen LogP contribution in [-0.2, 0) is 15.1 Å². The number of amides is 2. The van der Waals surface area contributed by atoms with Crippen molar-refractivity contribution in [3.63, 3.8) is 0 Å². The topological polar surface area (TPSA) is 148 Å². The molecule has 3 heterocycles. The molecular weight excluding hydrogens is 586 g/mol. The number of morpholine rings is 1. The Hall–Kier alpha value is -4.85. The van der Waals surface area contributed by atoms with Crippen LogP contribution in [0.3, 0.4) is 0 Å². The van der Waals surface area contributed by atoms with Gasteiger partial charge in [0, 0.05) is 69.4 Å². The Kier molecular flexibility index (Phi) is 10.3. The number of benzene rings is 2. The number of anilines is 4. The summed E-state index contributed by atoms with van der Waals surface area (Å²) in [6, 6.07) is 16.4. The fraction of sp³-hybridized carbons (Fsp3) is 0.364. The molecule has 4 N–H and O–H groups in total. The van der Waals surface area contributed by atoms with Gasteiger partial charge >= 0.3 is 0 Å². The van der Waals surface area contributed by atoms with E-state index in [-0.39, 0.29) is 17.5 Å². The van der Waals surface area contributed by atoms with Crippen LogP contribution in [0, 0.1) is 6.92 Å². The molecule has 0 aliphatic carbocycles. The van der Waals surface area contributed by atoms with Gasteiger partial charge in [-0.15, -0.1) is 0 Å². The van der Waals surface area contributed by atoms with Gasteiger partial charge < -0.3 is 30.7 Å². The minimum Gasteiger partial charge on any atom is -0.379 e. The maximum Gasteiger partial charge on any atom is 0.271 e. The number of hydrogen-bond acceptors (Lipinski definition) is 10. The molecule has 0 unspecified atom stereocenters. The van der Waals surface area contributed by atoms with E-state index in [1.807, 2.05) is 57.2 Å². The van der Waals surface area contributed by atoms with Crippen molar-refractivity contribution in [2.45, 2.75) is 26.4 Å². The number of hydrogen-bond donors (Lipinski definition) is 4. The van der Waals surface area contributed by atoms with E-state index in [9.17, 15) is 9.59 Å². The second-order valence-corrected chi connectivity index (χ2v) is 11.5. The summed E-state index contributed by atoms with van der Waals surface area (Å²) in [5, 5.41) is 16.9. The summed E-state index contributed by atoms with van der Waals surface area (Å²) in [6.07, 6.45) is 1.46. The van der Waals surface area contributed by atoms with Gasteiger partial charge in [0.05, 0.1) is 18.8 Å². The lowest BCUT2D eigenvalue weighted by Gasteiger charge is -2.26. The molecule has 5 rings (SSSR count). The van der Waals surface area contributed by atoms with Crippen LogP contribution < -0.4 is 21.3 Å². The molecule has 2 amide bonds. The first-order valence-corrected chi connectivity index (χ1v) is 15.2. The molecule has 0 bridgehead atoms. The van der Waals surface area contributed by atoms with Gasteiger partial charge in [0.1, 0.15) is 18.0 Å². The lowest BCUT2D eigenvalue weighted by atomic mass is 9.96. The molecule has 1 aliphatic rings. The number of carbonyl (C=O) groups excluding carboxylic acids is 2. The minimum atomic E-state index is -0.531. The summed E-state index contributed by atoms with van der Waals surface area (Å²) in [5.41, 5.74) is 3.33. The standard InChI is InChI=1S/C33H41N9O4/c1-22-9-10-25(38-31(43)23-7-6-8-24(17-23)33(2,3)45-5)18-26(22)39-30-19-27(32(44)34-4)40-42(30)29-20-28(36-21-37-29)35-11-12-41-13-15-46-16-14-41/h6-10,17-21,39H,11-16H2,1-5H3,(H,34,44)(H,38,43)(H,35,36,37). The molecule has 0 radical (unpaired) electrons. The highest BCUT2D eigenvalue weighted by Gasteiger charge is 2.21. The van der Waals surface area contributed by atoms with Gasteiger partial charge in [0.2, 0.25) is 0 Å². The van der Waals surface area contributed by atoms with Crippen LogP contribution in [0.25, 0.3) is 5.82 Å². The molecule has 13 heteroatoms. The van der Waals surface area contributed by atoms with Crippen LogP contribution in [0.4, 0.5) is 23.0 Å². The maximum absolute atomic E-state index is 13.2. The monoisotopic (exact) mass is 627 g/mol. The van der Waals surface area contributed by atoms with Crippen molar-refractivity contribution < 1.29 is 19.1 Å². The number of ether oxygens (including phenoxy) is 2. The van der Waals surface area contributed by atoms with Crippen molar-refractivity contribution in [3.05, 3.63) is 83.3 Å². The average molecular weight is 628 g/mol. The number of aryl methyl sites for hydroxylation is 1. The first-order chi connectivity index (χ1) is 22.2. The van der Waals surface area contributed by atoms with Gasteiger partial charge in [0.25, 0.3) is 11.8 Å². The van der Waals surface area contributed by atoms with E-state index in [0.29, 0.717) is 35.2 Å². The molecule has 242 valence electrons. The third-order valence-corrected chi connectivity index (χ3v) is 7.97. The van der Waals surface area contributed by atoms with E-state index >= 15 is 0 Å². The zero-order chi connectivity index (χ0) is 32.7. The first-order valence-electron chi connectivity index (χ1n) is 15.2. The molecule has 2 aromatic heterocycles. The van der Waals surface area contributed by atoms with Gasteiger partial charge in [-0.05, 0) is 56.2 Å². The summed E-state index contributed by atoms with van der Waals surface area (Å²) in [7, 11) is 3.20. The predicted molar refractivity (Wildman–Crippen MR) is 177 cm³/mol. The molecule has 2 aromatic carbocycles. The van der Waals surface area contributed by atoms with E-state index in [0.717, 1.165) is 49.7 Å². The van der Waals surface area contributed by atoms with Crippen LogP contribution >= 0.6 is 0 Å². The molecule has 0 spiro atoms. The molecule has 1 fully saturated rings. The van der Waals surface area contributed by atoms with Gasteiger partial charge in [-0.2, -0.15) is 9.78 Å². The van der Waals surface area contributed by atoms with Crippen LogP contribution in [0.15, 0.2) is 60.9 Å². The fourth-order valence-electron chi connectivity index (χ4n) is 4.94. The zero-order valence-corrected chi connectivity index (χ0v) is 26.9. The molecule has 46 heavy (non-hydrogen) atoms. The Morgan fingerprint density at radius 2 is 1.83 bits per heavy atom. The molecule has 0 atom stereocenters. The van der Waals surface area contributed by atoms with Gasteiger partial charge in [-0.3, -0.25) is 14.5 Å². The highest BCUT2D eigenvalue weighted by atomic mass is 16.5. The molecule has 13 nitrogen and oxygen atoms in total. The van der Waals surface area contributed by atoms with E-state index in [4.69, 9.17) is 9.47 Å². The number of aromatic nitrogens is 4. The fourth-order valence-corrected chi connectivity index (χ4v) is 4.94. The van der Waals surface area contributed by atoms with E-state index < -0.39 is 5.60 Å². The second kappa shape index (κ2) is 14.5. The van der Waals surface area contributed by atoms with Crippen LogP contribution in [-0.4, -0.2) is 90.0 Å². The Morgan fingerprint density at radius 3 is 2.59 bits per heavy atom. The van der Waals surface area contributed by atoms with Gasteiger partial charge in [0.15, 0.2) is 11.5 Å². The number of nitrogens with zero attached hydrogens (tertiary/aromatic N) is 5. The summed E-state index contributed by atoms with van der Waals surface area (Å²) < 4.78 is 12.6.